The summed E-state index contributed by atoms with van der Waals surface area (Å²) >= 11 is 3.35. The second kappa shape index (κ2) is 5.27. The lowest BCUT2D eigenvalue weighted by Crippen LogP contribution is -1.94. The fourth-order valence-electron chi connectivity index (χ4n) is 1.48. The maximum Gasteiger partial charge on any atom is 0.321 e. The Hall–Kier alpha value is -1.42. The Morgan fingerprint density at radius 3 is 2.47 bits per heavy atom. The number of aryl methyl sites for hydroxylation is 2. The highest BCUT2D eigenvalue weighted by Gasteiger charge is 2.03. The fourth-order valence-corrected chi connectivity index (χ4v) is 1.77. The van der Waals surface area contributed by atoms with Crippen molar-refractivity contribution >= 4 is 15.9 Å². The van der Waals surface area contributed by atoms with Crippen molar-refractivity contribution < 1.29 is 4.74 Å². The predicted molar refractivity (Wildman–Crippen MR) is 70.7 cm³/mol. The average molecular weight is 293 g/mol. The third-order valence-electron chi connectivity index (χ3n) is 2.37. The van der Waals surface area contributed by atoms with Crippen LogP contribution in [0.3, 0.4) is 0 Å². The Morgan fingerprint density at radius 2 is 1.88 bits per heavy atom. The van der Waals surface area contributed by atoms with Gasteiger partial charge in [0, 0.05) is 17.7 Å². The first-order valence-corrected chi connectivity index (χ1v) is 6.43. The van der Waals surface area contributed by atoms with Crippen LogP contribution in [-0.4, -0.2) is 9.97 Å². The van der Waals surface area contributed by atoms with Crippen LogP contribution in [0, 0.1) is 13.8 Å². The molecule has 0 fully saturated rings. The van der Waals surface area contributed by atoms with E-state index in [9.17, 15) is 0 Å². The molecule has 0 bridgehead atoms. The van der Waals surface area contributed by atoms with Crippen LogP contribution in [0.1, 0.15) is 16.7 Å². The summed E-state index contributed by atoms with van der Waals surface area (Å²) in [5.41, 5.74) is 3.32. The van der Waals surface area contributed by atoms with Gasteiger partial charge in [-0.2, -0.15) is 0 Å². The van der Waals surface area contributed by atoms with Crippen molar-refractivity contribution in [3.05, 3.63) is 47.3 Å². The van der Waals surface area contributed by atoms with E-state index in [1.165, 1.54) is 5.56 Å². The topological polar surface area (TPSA) is 35.0 Å². The second-order valence-electron chi connectivity index (χ2n) is 3.88. The number of alkyl halides is 1. The Balaban J connectivity index is 2.19. The lowest BCUT2D eigenvalue weighted by atomic mass is 10.1. The summed E-state index contributed by atoms with van der Waals surface area (Å²) in [7, 11) is 0. The minimum atomic E-state index is 0.377. The van der Waals surface area contributed by atoms with E-state index in [4.69, 9.17) is 4.74 Å². The van der Waals surface area contributed by atoms with Crippen molar-refractivity contribution in [2.45, 2.75) is 19.2 Å². The van der Waals surface area contributed by atoms with Crippen LogP contribution in [0.15, 0.2) is 30.6 Å². The van der Waals surface area contributed by atoms with Gasteiger partial charge in [0.25, 0.3) is 0 Å². The van der Waals surface area contributed by atoms with Crippen molar-refractivity contribution in [3.63, 3.8) is 0 Å². The summed E-state index contributed by atoms with van der Waals surface area (Å²) in [4.78, 5) is 8.29. The molecular weight excluding hydrogens is 280 g/mol. The van der Waals surface area contributed by atoms with Gasteiger partial charge in [0.15, 0.2) is 0 Å². The Bertz CT molecular complexity index is 511. The predicted octanol–water partition coefficient (Wildman–Crippen LogP) is 3.78. The molecule has 0 aliphatic rings. The first kappa shape index (κ1) is 12.0. The van der Waals surface area contributed by atoms with Crippen molar-refractivity contribution in [1.29, 1.82) is 0 Å². The first-order valence-electron chi connectivity index (χ1n) is 5.31. The molecule has 2 aromatic rings. The van der Waals surface area contributed by atoms with Crippen LogP contribution in [0.25, 0.3) is 0 Å². The van der Waals surface area contributed by atoms with Gasteiger partial charge in [0.05, 0.1) is 0 Å². The van der Waals surface area contributed by atoms with Crippen molar-refractivity contribution in [2.75, 3.05) is 0 Å². The molecule has 0 radical (unpaired) electrons. The summed E-state index contributed by atoms with van der Waals surface area (Å²) in [5.74, 6) is 0.794. The van der Waals surface area contributed by atoms with E-state index < -0.39 is 0 Å². The van der Waals surface area contributed by atoms with Crippen molar-refractivity contribution in [3.8, 4) is 11.8 Å². The summed E-state index contributed by atoms with van der Waals surface area (Å²) in [6, 6.07) is 6.39. The second-order valence-corrected chi connectivity index (χ2v) is 4.44. The van der Waals surface area contributed by atoms with Gasteiger partial charge in [-0.15, -0.1) is 0 Å². The standard InChI is InChI=1S/C13H13BrN2O/c1-9-3-4-12(10(2)5-9)17-13-15-7-11(6-14)8-16-13/h3-5,7-8H,6H2,1-2H3. The molecule has 3 nitrogen and oxygen atoms in total. The van der Waals surface area contributed by atoms with Crippen LogP contribution < -0.4 is 4.74 Å². The van der Waals surface area contributed by atoms with E-state index in [2.05, 4.69) is 38.9 Å². The quantitative estimate of drug-likeness (QED) is 0.808. The highest BCUT2D eigenvalue weighted by molar-refractivity contribution is 9.08. The zero-order valence-corrected chi connectivity index (χ0v) is 11.4. The Morgan fingerprint density at radius 1 is 1.18 bits per heavy atom. The monoisotopic (exact) mass is 292 g/mol. The third kappa shape index (κ3) is 3.03. The lowest BCUT2D eigenvalue weighted by molar-refractivity contribution is 0.438. The summed E-state index contributed by atoms with van der Waals surface area (Å²) < 4.78 is 5.63. The van der Waals surface area contributed by atoms with Gasteiger partial charge in [-0.05, 0) is 31.0 Å². The van der Waals surface area contributed by atoms with E-state index in [1.807, 2.05) is 19.1 Å². The average Bonchev–Trinajstić information content (AvgIpc) is 2.34. The van der Waals surface area contributed by atoms with Gasteiger partial charge in [-0.1, -0.05) is 33.6 Å². The molecule has 4 heteroatoms. The third-order valence-corrected chi connectivity index (χ3v) is 3.02. The van der Waals surface area contributed by atoms with Gasteiger partial charge in [-0.3, -0.25) is 0 Å². The molecule has 0 spiro atoms. The van der Waals surface area contributed by atoms with E-state index in [-0.39, 0.29) is 0 Å². The largest absolute Gasteiger partial charge is 0.424 e. The van der Waals surface area contributed by atoms with E-state index in [0.717, 1.165) is 22.2 Å². The van der Waals surface area contributed by atoms with Gasteiger partial charge >= 0.3 is 6.01 Å². The molecule has 1 heterocycles. The van der Waals surface area contributed by atoms with Gasteiger partial charge in [-0.25, -0.2) is 9.97 Å². The molecule has 0 saturated heterocycles. The number of ether oxygens (including phenoxy) is 1. The number of aromatic nitrogens is 2. The van der Waals surface area contributed by atoms with Crippen molar-refractivity contribution in [1.82, 2.24) is 9.97 Å². The van der Waals surface area contributed by atoms with Gasteiger partial charge in [0.2, 0.25) is 0 Å². The molecule has 88 valence electrons. The maximum absolute atomic E-state index is 5.63. The SMILES string of the molecule is Cc1ccc(Oc2ncc(CBr)cn2)c(C)c1. The number of hydrogen-bond acceptors (Lipinski definition) is 3. The highest BCUT2D eigenvalue weighted by atomic mass is 79.9. The van der Waals surface area contributed by atoms with Crippen molar-refractivity contribution in [2.24, 2.45) is 0 Å². The van der Waals surface area contributed by atoms with E-state index in [0.29, 0.717) is 6.01 Å². The Kier molecular flexibility index (Phi) is 3.74. The minimum absolute atomic E-state index is 0.377. The highest BCUT2D eigenvalue weighted by Crippen LogP contribution is 2.23. The minimum Gasteiger partial charge on any atom is -0.424 e. The molecule has 2 rings (SSSR count). The summed E-state index contributed by atoms with van der Waals surface area (Å²) in [5, 5.41) is 0.747. The van der Waals surface area contributed by atoms with Crippen LogP contribution in [0.5, 0.6) is 11.8 Å². The zero-order valence-electron chi connectivity index (χ0n) is 9.77. The van der Waals surface area contributed by atoms with E-state index in [1.54, 1.807) is 12.4 Å². The molecule has 0 aliphatic heterocycles. The molecule has 1 aromatic carbocycles. The molecule has 0 aliphatic carbocycles. The smallest absolute Gasteiger partial charge is 0.321 e. The van der Waals surface area contributed by atoms with Gasteiger partial charge < -0.3 is 4.74 Å². The van der Waals surface area contributed by atoms with Crippen LogP contribution >= 0.6 is 15.9 Å². The molecule has 0 amide bonds. The number of benzene rings is 1. The lowest BCUT2D eigenvalue weighted by Gasteiger charge is -2.07. The normalized spacial score (nSPS) is 10.3. The molecule has 17 heavy (non-hydrogen) atoms. The summed E-state index contributed by atoms with van der Waals surface area (Å²) in [6.07, 6.45) is 3.50. The molecule has 0 unspecified atom stereocenters. The molecule has 1 aromatic heterocycles. The molecular formula is C13H13BrN2O. The number of rotatable bonds is 3. The van der Waals surface area contributed by atoms with Crippen LogP contribution in [0.4, 0.5) is 0 Å². The molecule has 0 N–H and O–H groups in total. The maximum atomic E-state index is 5.63. The Labute approximate surface area is 109 Å². The molecule has 0 saturated carbocycles. The van der Waals surface area contributed by atoms with Gasteiger partial charge in [0.1, 0.15) is 5.75 Å². The number of halogens is 1. The van der Waals surface area contributed by atoms with Crippen LogP contribution in [-0.2, 0) is 5.33 Å². The molecule has 0 atom stereocenters. The summed E-state index contributed by atoms with van der Waals surface area (Å²) in [6.45, 7) is 4.06. The zero-order chi connectivity index (χ0) is 12.3. The number of hydrogen-bond donors (Lipinski definition) is 0. The first-order chi connectivity index (χ1) is 8.19. The van der Waals surface area contributed by atoms with E-state index >= 15 is 0 Å². The number of nitrogens with zero attached hydrogens (tertiary/aromatic N) is 2. The van der Waals surface area contributed by atoms with Crippen LogP contribution in [0.2, 0.25) is 0 Å². The fraction of sp³-hybridized carbons (Fsp3) is 0.231.